The van der Waals surface area contributed by atoms with Gasteiger partial charge < -0.3 is 0 Å². The Hall–Kier alpha value is -4.04. The molecule has 2 aromatic carbocycles. The minimum absolute atomic E-state index is 0.130. The molecule has 0 spiro atoms. The molecule has 0 aliphatic rings. The summed E-state index contributed by atoms with van der Waals surface area (Å²) in [6.45, 7) is 2.60. The van der Waals surface area contributed by atoms with E-state index in [0.29, 0.717) is 17.5 Å². The van der Waals surface area contributed by atoms with Gasteiger partial charge in [-0.1, -0.05) is 73.8 Å². The summed E-state index contributed by atoms with van der Waals surface area (Å²) in [4.78, 5) is 17.8. The molecule has 182 valence electrons. The smallest absolute Gasteiger partial charge is 0.290 e. The van der Waals surface area contributed by atoms with Crippen molar-refractivity contribution in [2.24, 2.45) is 0 Å². The lowest BCUT2D eigenvalue weighted by molar-refractivity contribution is 0.653. The minimum atomic E-state index is -0.130. The molecule has 8 nitrogen and oxygen atoms in total. The fourth-order valence-electron chi connectivity index (χ4n) is 4.38. The quantitative estimate of drug-likeness (QED) is 0.277. The molecule has 0 aliphatic heterocycles. The van der Waals surface area contributed by atoms with Gasteiger partial charge in [-0.05, 0) is 52.6 Å². The SMILES string of the molecule is CCCCCc1c(Cl)n(-c2ccccc2)c(=O)n1Cc1ccc(-c2cnccc2-c2nnn[nH]2)cc1. The molecule has 5 aromatic rings. The van der Waals surface area contributed by atoms with Crippen molar-refractivity contribution in [1.82, 2.24) is 34.7 Å². The van der Waals surface area contributed by atoms with E-state index in [1.165, 1.54) is 0 Å². The number of pyridine rings is 1. The first kappa shape index (κ1) is 23.7. The number of para-hydroxylation sites is 1. The van der Waals surface area contributed by atoms with E-state index in [1.54, 1.807) is 21.5 Å². The van der Waals surface area contributed by atoms with E-state index in [2.05, 4.69) is 32.5 Å². The van der Waals surface area contributed by atoms with Gasteiger partial charge in [-0.25, -0.2) is 9.89 Å². The molecular formula is C27H26ClN7O. The molecule has 0 atom stereocenters. The number of imidazole rings is 1. The number of H-pyrrole nitrogens is 1. The summed E-state index contributed by atoms with van der Waals surface area (Å²) in [7, 11) is 0. The first-order chi connectivity index (χ1) is 17.7. The van der Waals surface area contributed by atoms with Gasteiger partial charge in [-0.3, -0.25) is 14.1 Å². The van der Waals surface area contributed by atoms with Crippen LogP contribution in [0.1, 0.15) is 37.4 Å². The summed E-state index contributed by atoms with van der Waals surface area (Å²) in [6, 6.07) is 19.5. The third kappa shape index (κ3) is 4.72. The van der Waals surface area contributed by atoms with E-state index in [1.807, 2.05) is 60.7 Å². The first-order valence-electron chi connectivity index (χ1n) is 12.0. The van der Waals surface area contributed by atoms with Crippen molar-refractivity contribution in [1.29, 1.82) is 0 Å². The van der Waals surface area contributed by atoms with E-state index in [0.717, 1.165) is 59.3 Å². The Labute approximate surface area is 213 Å². The second-order valence-electron chi connectivity index (χ2n) is 8.60. The summed E-state index contributed by atoms with van der Waals surface area (Å²) in [5.74, 6) is 0.580. The van der Waals surface area contributed by atoms with Crippen molar-refractivity contribution in [3.8, 4) is 28.2 Å². The Bertz CT molecular complexity index is 1490. The van der Waals surface area contributed by atoms with Gasteiger partial charge in [0, 0.05) is 23.5 Å². The zero-order valence-corrected chi connectivity index (χ0v) is 20.7. The van der Waals surface area contributed by atoms with Gasteiger partial charge in [0.15, 0.2) is 5.82 Å². The van der Waals surface area contributed by atoms with Crippen LogP contribution in [-0.4, -0.2) is 34.7 Å². The van der Waals surface area contributed by atoms with Crippen LogP contribution in [0.2, 0.25) is 5.15 Å². The maximum Gasteiger partial charge on any atom is 0.334 e. The number of benzene rings is 2. The highest BCUT2D eigenvalue weighted by molar-refractivity contribution is 6.30. The molecule has 9 heteroatoms. The predicted molar refractivity (Wildman–Crippen MR) is 140 cm³/mol. The van der Waals surface area contributed by atoms with Crippen LogP contribution >= 0.6 is 11.6 Å². The summed E-state index contributed by atoms with van der Waals surface area (Å²) in [6.07, 6.45) is 7.43. The van der Waals surface area contributed by atoms with Crippen molar-refractivity contribution < 1.29 is 0 Å². The van der Waals surface area contributed by atoms with Crippen molar-refractivity contribution in [2.45, 2.75) is 39.2 Å². The molecule has 0 amide bonds. The van der Waals surface area contributed by atoms with Crippen molar-refractivity contribution in [3.05, 3.63) is 100.0 Å². The van der Waals surface area contributed by atoms with Gasteiger partial charge in [-0.15, -0.1) is 5.10 Å². The standard InChI is InChI=1S/C27H26ClN7O/c1-2-3-5-10-24-25(28)35(21-8-6-4-7-9-21)27(36)34(24)18-19-11-13-20(14-12-19)23-17-29-16-15-22(23)26-30-32-33-31-26/h4,6-9,11-17H,2-3,5,10,18H2,1H3,(H,30,31,32,33). The number of tetrazole rings is 1. The van der Waals surface area contributed by atoms with Crippen LogP contribution in [-0.2, 0) is 13.0 Å². The van der Waals surface area contributed by atoms with Gasteiger partial charge in [0.2, 0.25) is 0 Å². The first-order valence-corrected chi connectivity index (χ1v) is 12.4. The molecular weight excluding hydrogens is 474 g/mol. The van der Waals surface area contributed by atoms with Crippen LogP contribution in [0.15, 0.2) is 77.9 Å². The van der Waals surface area contributed by atoms with Gasteiger partial charge in [0.25, 0.3) is 0 Å². The molecule has 0 bridgehead atoms. The predicted octanol–water partition coefficient (Wildman–Crippen LogP) is 5.32. The number of aromatic amines is 1. The van der Waals surface area contributed by atoms with Crippen molar-refractivity contribution >= 4 is 11.6 Å². The number of rotatable bonds is 9. The second kappa shape index (κ2) is 10.7. The average Bonchev–Trinajstić information content (AvgIpc) is 3.53. The normalized spacial score (nSPS) is 11.2. The number of hydrogen-bond acceptors (Lipinski definition) is 5. The highest BCUT2D eigenvalue weighted by Crippen LogP contribution is 2.29. The fourth-order valence-corrected chi connectivity index (χ4v) is 4.75. The average molecular weight is 500 g/mol. The zero-order valence-electron chi connectivity index (χ0n) is 19.9. The van der Waals surface area contributed by atoms with Gasteiger partial charge in [-0.2, -0.15) is 0 Å². The summed E-state index contributed by atoms with van der Waals surface area (Å²) in [5, 5.41) is 14.7. The molecule has 0 aliphatic carbocycles. The Morgan fingerprint density at radius 1 is 0.972 bits per heavy atom. The molecule has 1 N–H and O–H groups in total. The Kier molecular flexibility index (Phi) is 7.04. The highest BCUT2D eigenvalue weighted by Gasteiger charge is 2.20. The number of nitrogens with zero attached hydrogens (tertiary/aromatic N) is 6. The number of halogens is 1. The van der Waals surface area contributed by atoms with E-state index in [-0.39, 0.29) is 5.69 Å². The topological polar surface area (TPSA) is 94.3 Å². The van der Waals surface area contributed by atoms with E-state index >= 15 is 0 Å². The molecule has 0 saturated heterocycles. The number of unbranched alkanes of at least 4 members (excludes halogenated alkanes) is 2. The second-order valence-corrected chi connectivity index (χ2v) is 8.96. The lowest BCUT2D eigenvalue weighted by atomic mass is 10.0. The Morgan fingerprint density at radius 2 is 1.78 bits per heavy atom. The number of hydrogen-bond donors (Lipinski definition) is 1. The third-order valence-corrected chi connectivity index (χ3v) is 6.63. The largest absolute Gasteiger partial charge is 0.334 e. The molecule has 0 unspecified atom stereocenters. The fraction of sp³-hybridized carbons (Fsp3) is 0.222. The zero-order chi connectivity index (χ0) is 24.9. The van der Waals surface area contributed by atoms with Crippen LogP contribution in [0.25, 0.3) is 28.2 Å². The van der Waals surface area contributed by atoms with Crippen molar-refractivity contribution in [3.63, 3.8) is 0 Å². The molecule has 3 aromatic heterocycles. The van der Waals surface area contributed by atoms with Gasteiger partial charge in [0.05, 0.1) is 17.9 Å². The number of aromatic nitrogens is 7. The molecule has 5 rings (SSSR count). The summed E-state index contributed by atoms with van der Waals surface area (Å²) >= 11 is 6.80. The highest BCUT2D eigenvalue weighted by atomic mass is 35.5. The summed E-state index contributed by atoms with van der Waals surface area (Å²) < 4.78 is 3.40. The van der Waals surface area contributed by atoms with Crippen LogP contribution in [0.5, 0.6) is 0 Å². The molecule has 36 heavy (non-hydrogen) atoms. The van der Waals surface area contributed by atoms with Crippen LogP contribution in [0.4, 0.5) is 0 Å². The maximum atomic E-state index is 13.5. The molecule has 0 saturated carbocycles. The molecule has 3 heterocycles. The Balaban J connectivity index is 1.48. The molecule has 0 radical (unpaired) electrons. The molecule has 0 fully saturated rings. The van der Waals surface area contributed by atoms with Crippen LogP contribution in [0.3, 0.4) is 0 Å². The van der Waals surface area contributed by atoms with Crippen molar-refractivity contribution in [2.75, 3.05) is 0 Å². The minimum Gasteiger partial charge on any atom is -0.290 e. The Morgan fingerprint density at radius 3 is 2.50 bits per heavy atom. The van der Waals surface area contributed by atoms with Crippen LogP contribution in [0, 0.1) is 0 Å². The lowest BCUT2D eigenvalue weighted by Crippen LogP contribution is -2.24. The van der Waals surface area contributed by atoms with Gasteiger partial charge in [0.1, 0.15) is 5.15 Å². The van der Waals surface area contributed by atoms with Gasteiger partial charge >= 0.3 is 5.69 Å². The maximum absolute atomic E-state index is 13.5. The third-order valence-electron chi connectivity index (χ3n) is 6.24. The number of nitrogens with one attached hydrogen (secondary N) is 1. The lowest BCUT2D eigenvalue weighted by Gasteiger charge is -2.10. The van der Waals surface area contributed by atoms with E-state index in [9.17, 15) is 4.79 Å². The van der Waals surface area contributed by atoms with Crippen LogP contribution < -0.4 is 5.69 Å². The van der Waals surface area contributed by atoms with E-state index < -0.39 is 0 Å². The summed E-state index contributed by atoms with van der Waals surface area (Å²) in [5.41, 5.74) is 5.27. The van der Waals surface area contributed by atoms with E-state index in [4.69, 9.17) is 11.6 Å². The monoisotopic (exact) mass is 499 g/mol.